The Labute approximate surface area is 112 Å². The van der Waals surface area contributed by atoms with Gasteiger partial charge in [-0.25, -0.2) is 0 Å². The van der Waals surface area contributed by atoms with Crippen LogP contribution in [0.4, 0.5) is 26.3 Å². The second-order valence-electron chi connectivity index (χ2n) is 3.93. The summed E-state index contributed by atoms with van der Waals surface area (Å²) in [6, 6.07) is 4.18. The van der Waals surface area contributed by atoms with Crippen molar-refractivity contribution < 1.29 is 35.9 Å². The van der Waals surface area contributed by atoms with Crippen molar-refractivity contribution in [1.82, 2.24) is 9.38 Å². The molecule has 0 amide bonds. The normalized spacial score (nSPS) is 12.9. The van der Waals surface area contributed by atoms with Crippen molar-refractivity contribution in [3.63, 3.8) is 0 Å². The van der Waals surface area contributed by atoms with Crippen LogP contribution in [0.5, 0.6) is 5.88 Å². The van der Waals surface area contributed by atoms with E-state index in [1.807, 2.05) is 0 Å². The molecule has 2 heterocycles. The predicted molar refractivity (Wildman–Crippen MR) is 57.1 cm³/mol. The lowest BCUT2D eigenvalue weighted by molar-refractivity contribution is -0.300. The van der Waals surface area contributed by atoms with Crippen molar-refractivity contribution in [3.05, 3.63) is 30.1 Å². The van der Waals surface area contributed by atoms with Crippen LogP contribution in [0.25, 0.3) is 5.65 Å². The van der Waals surface area contributed by atoms with Crippen LogP contribution in [0.1, 0.15) is 10.5 Å². The van der Waals surface area contributed by atoms with E-state index >= 15 is 0 Å². The van der Waals surface area contributed by atoms with Gasteiger partial charge in [-0.3, -0.25) is 9.20 Å². The van der Waals surface area contributed by atoms with Crippen LogP contribution < -0.4 is 4.74 Å². The van der Waals surface area contributed by atoms with E-state index in [9.17, 15) is 31.1 Å². The first-order chi connectivity index (χ1) is 9.64. The van der Waals surface area contributed by atoms with Gasteiger partial charge in [0.25, 0.3) is 6.10 Å². The molecule has 0 radical (unpaired) electrons. The van der Waals surface area contributed by atoms with Crippen molar-refractivity contribution in [2.45, 2.75) is 18.5 Å². The number of ether oxygens (including phenoxy) is 1. The molecule has 0 spiro atoms. The zero-order valence-electron chi connectivity index (χ0n) is 9.94. The highest BCUT2D eigenvalue weighted by Gasteiger charge is 2.59. The third-order valence-electron chi connectivity index (χ3n) is 2.47. The molecule has 0 atom stereocenters. The summed E-state index contributed by atoms with van der Waals surface area (Å²) in [4.78, 5) is 14.3. The Morgan fingerprint density at radius 1 is 1.14 bits per heavy atom. The number of nitrogens with zero attached hydrogens (tertiary/aromatic N) is 2. The minimum atomic E-state index is -5.69. The summed E-state index contributed by atoms with van der Waals surface area (Å²) in [7, 11) is 0. The van der Waals surface area contributed by atoms with Crippen LogP contribution in [-0.2, 0) is 0 Å². The highest BCUT2D eigenvalue weighted by atomic mass is 19.4. The van der Waals surface area contributed by atoms with E-state index in [-0.39, 0.29) is 11.9 Å². The molecule has 114 valence electrons. The summed E-state index contributed by atoms with van der Waals surface area (Å²) in [5, 5.41) is 0. The summed E-state index contributed by atoms with van der Waals surface area (Å²) in [6.45, 7) is 0. The molecule has 10 heteroatoms. The molecule has 21 heavy (non-hydrogen) atoms. The number of imidazole rings is 1. The molecule has 0 aliphatic heterocycles. The van der Waals surface area contributed by atoms with Crippen LogP contribution in [0.3, 0.4) is 0 Å². The first-order valence-electron chi connectivity index (χ1n) is 5.37. The number of hydrogen-bond acceptors (Lipinski definition) is 3. The van der Waals surface area contributed by atoms with E-state index < -0.39 is 30.0 Å². The maximum Gasteiger partial charge on any atom is 0.434 e. The average molecular weight is 312 g/mol. The predicted octanol–water partition coefficient (Wildman–Crippen LogP) is 3.02. The van der Waals surface area contributed by atoms with Crippen molar-refractivity contribution >= 4 is 11.9 Å². The van der Waals surface area contributed by atoms with Gasteiger partial charge in [0.2, 0.25) is 5.88 Å². The van der Waals surface area contributed by atoms with Crippen LogP contribution in [-0.4, -0.2) is 34.1 Å². The molecule has 0 aromatic carbocycles. The highest BCUT2D eigenvalue weighted by molar-refractivity contribution is 5.78. The lowest BCUT2D eigenvalue weighted by atomic mass is 10.3. The number of carbonyl (C=O) groups excluding carboxylic acids is 1. The molecule has 0 saturated carbocycles. The summed E-state index contributed by atoms with van der Waals surface area (Å²) in [5.41, 5.74) is -0.554. The lowest BCUT2D eigenvalue weighted by Gasteiger charge is -2.22. The number of aldehydes is 1. The fraction of sp³-hybridized carbons (Fsp3) is 0.273. The molecular weight excluding hydrogens is 306 g/mol. The topological polar surface area (TPSA) is 43.6 Å². The van der Waals surface area contributed by atoms with Crippen molar-refractivity contribution in [2.24, 2.45) is 0 Å². The van der Waals surface area contributed by atoms with Crippen LogP contribution in [0.15, 0.2) is 24.4 Å². The summed E-state index contributed by atoms with van der Waals surface area (Å²) >= 11 is 0. The number of pyridine rings is 1. The SMILES string of the molecule is O=Cc1c(OC(C(F)(F)F)C(F)(F)F)nc2ccccn12. The smallest absolute Gasteiger partial charge is 0.434 e. The fourth-order valence-corrected chi connectivity index (χ4v) is 1.62. The molecule has 0 fully saturated rings. The van der Waals surface area contributed by atoms with Crippen molar-refractivity contribution in [1.29, 1.82) is 0 Å². The number of hydrogen-bond donors (Lipinski definition) is 0. The number of fused-ring (bicyclic) bond motifs is 1. The minimum Gasteiger partial charge on any atom is -0.453 e. The van der Waals surface area contributed by atoms with E-state index in [4.69, 9.17) is 0 Å². The van der Waals surface area contributed by atoms with Crippen LogP contribution in [0, 0.1) is 0 Å². The Bertz CT molecular complexity index is 647. The molecule has 4 nitrogen and oxygen atoms in total. The van der Waals surface area contributed by atoms with Crippen molar-refractivity contribution in [3.8, 4) is 5.88 Å². The van der Waals surface area contributed by atoms with Gasteiger partial charge in [-0.2, -0.15) is 31.3 Å². The van der Waals surface area contributed by atoms with E-state index in [1.165, 1.54) is 24.4 Å². The van der Waals surface area contributed by atoms with Gasteiger partial charge in [0, 0.05) is 6.20 Å². The number of aromatic nitrogens is 2. The van der Waals surface area contributed by atoms with Crippen molar-refractivity contribution in [2.75, 3.05) is 0 Å². The highest BCUT2D eigenvalue weighted by Crippen LogP contribution is 2.36. The molecule has 2 rings (SSSR count). The standard InChI is InChI=1S/C11H6F6N2O2/c12-10(13,14)9(11(15,16)17)21-8-6(5-20)19-4-2-1-3-7(19)18-8/h1-5,9H. The van der Waals surface area contributed by atoms with E-state index in [1.54, 1.807) is 0 Å². The van der Waals surface area contributed by atoms with Gasteiger partial charge in [0.05, 0.1) is 0 Å². The van der Waals surface area contributed by atoms with Gasteiger partial charge in [-0.05, 0) is 12.1 Å². The molecule has 0 aliphatic carbocycles. The molecule has 0 aliphatic rings. The summed E-state index contributed by atoms with van der Waals surface area (Å²) in [6.07, 6.45) is -14.1. The first-order valence-corrected chi connectivity index (χ1v) is 5.37. The van der Waals surface area contributed by atoms with Gasteiger partial charge >= 0.3 is 12.4 Å². The molecule has 0 saturated heterocycles. The lowest BCUT2D eigenvalue weighted by Crippen LogP contribution is -2.46. The Hall–Kier alpha value is -2.26. The molecule has 0 unspecified atom stereocenters. The molecule has 2 aromatic rings. The van der Waals surface area contributed by atoms with Crippen LogP contribution in [0.2, 0.25) is 0 Å². The molecular formula is C11H6F6N2O2. The van der Waals surface area contributed by atoms with Gasteiger partial charge in [-0.1, -0.05) is 6.07 Å². The third kappa shape index (κ3) is 2.93. The average Bonchev–Trinajstić information content (AvgIpc) is 2.70. The van der Waals surface area contributed by atoms with E-state index in [2.05, 4.69) is 9.72 Å². The van der Waals surface area contributed by atoms with Gasteiger partial charge in [-0.15, -0.1) is 0 Å². The number of rotatable bonds is 3. The Kier molecular flexibility index (Phi) is 3.56. The second-order valence-corrected chi connectivity index (χ2v) is 3.93. The second kappa shape index (κ2) is 4.93. The maximum absolute atomic E-state index is 12.4. The summed E-state index contributed by atoms with van der Waals surface area (Å²) < 4.78 is 79.5. The van der Waals surface area contributed by atoms with Gasteiger partial charge in [0.1, 0.15) is 11.3 Å². The molecule has 0 N–H and O–H groups in total. The quantitative estimate of drug-likeness (QED) is 0.646. The minimum absolute atomic E-state index is 0.0160. The number of alkyl halides is 6. The largest absolute Gasteiger partial charge is 0.453 e. The Morgan fingerprint density at radius 2 is 1.76 bits per heavy atom. The fourth-order valence-electron chi connectivity index (χ4n) is 1.62. The van der Waals surface area contributed by atoms with Gasteiger partial charge in [0.15, 0.2) is 6.29 Å². The molecule has 0 bridgehead atoms. The van der Waals surface area contributed by atoms with E-state index in [0.29, 0.717) is 0 Å². The Balaban J connectivity index is 2.49. The maximum atomic E-state index is 12.4. The molecule has 2 aromatic heterocycles. The third-order valence-corrected chi connectivity index (χ3v) is 2.47. The summed E-state index contributed by atoms with van der Waals surface area (Å²) in [5.74, 6) is -1.03. The Morgan fingerprint density at radius 3 is 2.29 bits per heavy atom. The monoisotopic (exact) mass is 312 g/mol. The van der Waals surface area contributed by atoms with E-state index in [0.717, 1.165) is 4.40 Å². The first kappa shape index (κ1) is 15.1. The number of carbonyl (C=O) groups is 1. The zero-order valence-corrected chi connectivity index (χ0v) is 9.94. The zero-order chi connectivity index (χ0) is 15.8. The van der Waals surface area contributed by atoms with Crippen LogP contribution >= 0.6 is 0 Å². The van der Waals surface area contributed by atoms with Gasteiger partial charge < -0.3 is 4.74 Å². The number of halogens is 6.